The van der Waals surface area contributed by atoms with E-state index in [1.54, 1.807) is 41.0 Å². The summed E-state index contributed by atoms with van der Waals surface area (Å²) < 4.78 is 4.95. The monoisotopic (exact) mass is 356 g/mol. The molecule has 0 saturated carbocycles. The fourth-order valence-corrected chi connectivity index (χ4v) is 2.52. The first-order chi connectivity index (χ1) is 11.0. The van der Waals surface area contributed by atoms with Crippen molar-refractivity contribution in [3.63, 3.8) is 0 Å². The lowest BCUT2D eigenvalue weighted by molar-refractivity contribution is -0.127. The number of benzene rings is 1. The maximum atomic E-state index is 12.2. The summed E-state index contributed by atoms with van der Waals surface area (Å²) in [5, 5.41) is 0.926. The van der Waals surface area contributed by atoms with Crippen LogP contribution in [0.2, 0.25) is 10.0 Å². The van der Waals surface area contributed by atoms with Crippen LogP contribution in [0.15, 0.2) is 24.3 Å². The van der Waals surface area contributed by atoms with Crippen LogP contribution in [0.3, 0.4) is 0 Å². The molecule has 2 rings (SSSR count). The van der Waals surface area contributed by atoms with Crippen LogP contribution in [-0.2, 0) is 9.53 Å². The van der Waals surface area contributed by atoms with Crippen LogP contribution in [0.5, 0.6) is 0 Å². The van der Waals surface area contributed by atoms with Crippen LogP contribution in [-0.4, -0.2) is 54.6 Å². The lowest BCUT2D eigenvalue weighted by atomic mass is 10.2. The third-order valence-corrected chi connectivity index (χ3v) is 4.22. The number of rotatable bonds is 3. The summed E-state index contributed by atoms with van der Waals surface area (Å²) in [5.74, 6) is -0.0976. The molecule has 0 radical (unpaired) electrons. The maximum Gasteiger partial charge on any atom is 0.409 e. The SMILES string of the molecule is CCOC(=O)N1CCN(C(=O)C=Cc2ccc(Cl)c(Cl)c2)CC1. The Morgan fingerprint density at radius 2 is 1.78 bits per heavy atom. The van der Waals surface area contributed by atoms with E-state index >= 15 is 0 Å². The molecule has 0 atom stereocenters. The van der Waals surface area contributed by atoms with E-state index in [4.69, 9.17) is 27.9 Å². The second-order valence-electron chi connectivity index (χ2n) is 5.02. The molecule has 0 aromatic heterocycles. The average molecular weight is 357 g/mol. The van der Waals surface area contributed by atoms with Crippen molar-refractivity contribution < 1.29 is 14.3 Å². The normalized spacial score (nSPS) is 15.1. The van der Waals surface area contributed by atoms with Crippen molar-refractivity contribution >= 4 is 41.3 Å². The number of ether oxygens (including phenoxy) is 1. The van der Waals surface area contributed by atoms with Gasteiger partial charge in [0.1, 0.15) is 0 Å². The van der Waals surface area contributed by atoms with Crippen LogP contribution < -0.4 is 0 Å². The Morgan fingerprint density at radius 3 is 2.39 bits per heavy atom. The summed E-state index contributed by atoms with van der Waals surface area (Å²) >= 11 is 11.8. The molecule has 1 fully saturated rings. The van der Waals surface area contributed by atoms with Gasteiger partial charge in [-0.3, -0.25) is 4.79 Å². The lowest BCUT2D eigenvalue weighted by Gasteiger charge is -2.33. The zero-order valence-electron chi connectivity index (χ0n) is 12.8. The van der Waals surface area contributed by atoms with E-state index in [0.29, 0.717) is 42.8 Å². The van der Waals surface area contributed by atoms with Crippen LogP contribution >= 0.6 is 23.2 Å². The molecule has 0 bridgehead atoms. The standard InChI is InChI=1S/C16H18Cl2N2O3/c1-2-23-16(22)20-9-7-19(8-10-20)15(21)6-4-12-3-5-13(17)14(18)11-12/h3-6,11H,2,7-10H2,1H3. The molecule has 0 spiro atoms. The first-order valence-corrected chi connectivity index (χ1v) is 8.10. The van der Waals surface area contributed by atoms with Gasteiger partial charge in [0, 0.05) is 32.3 Å². The fraction of sp³-hybridized carbons (Fsp3) is 0.375. The Hall–Kier alpha value is -1.72. The minimum absolute atomic E-state index is 0.0976. The molecule has 23 heavy (non-hydrogen) atoms. The minimum Gasteiger partial charge on any atom is -0.450 e. The molecule has 1 saturated heterocycles. The third-order valence-electron chi connectivity index (χ3n) is 3.48. The molecule has 124 valence electrons. The van der Waals surface area contributed by atoms with Crippen molar-refractivity contribution in [1.29, 1.82) is 0 Å². The molecule has 0 aliphatic carbocycles. The Bertz CT molecular complexity index is 611. The largest absolute Gasteiger partial charge is 0.450 e. The number of amides is 2. The summed E-state index contributed by atoms with van der Waals surface area (Å²) in [6.07, 6.45) is 2.87. The highest BCUT2D eigenvalue weighted by atomic mass is 35.5. The van der Waals surface area contributed by atoms with Crippen molar-refractivity contribution in [2.24, 2.45) is 0 Å². The number of carbonyl (C=O) groups excluding carboxylic acids is 2. The van der Waals surface area contributed by atoms with E-state index in [1.807, 2.05) is 0 Å². The number of nitrogens with zero attached hydrogens (tertiary/aromatic N) is 2. The maximum absolute atomic E-state index is 12.2. The quantitative estimate of drug-likeness (QED) is 0.780. The Kier molecular flexibility index (Phi) is 6.30. The van der Waals surface area contributed by atoms with Crippen molar-refractivity contribution in [1.82, 2.24) is 9.80 Å². The Labute approximate surface area is 145 Å². The highest BCUT2D eigenvalue weighted by Gasteiger charge is 2.23. The number of halogens is 2. The Morgan fingerprint density at radius 1 is 1.13 bits per heavy atom. The van der Waals surface area contributed by atoms with Crippen molar-refractivity contribution in [2.75, 3.05) is 32.8 Å². The van der Waals surface area contributed by atoms with Crippen molar-refractivity contribution in [3.8, 4) is 0 Å². The van der Waals surface area contributed by atoms with E-state index in [2.05, 4.69) is 0 Å². The molecule has 5 nitrogen and oxygen atoms in total. The van der Waals surface area contributed by atoms with Gasteiger partial charge in [0.15, 0.2) is 0 Å². The first-order valence-electron chi connectivity index (χ1n) is 7.35. The van der Waals surface area contributed by atoms with Crippen molar-refractivity contribution in [3.05, 3.63) is 39.9 Å². The van der Waals surface area contributed by atoms with Crippen LogP contribution in [0, 0.1) is 0 Å². The van der Waals surface area contributed by atoms with E-state index in [0.717, 1.165) is 5.56 Å². The van der Waals surface area contributed by atoms with Gasteiger partial charge in [-0.2, -0.15) is 0 Å². The topological polar surface area (TPSA) is 49.9 Å². The highest BCUT2D eigenvalue weighted by Crippen LogP contribution is 2.23. The van der Waals surface area contributed by atoms with Gasteiger partial charge in [-0.1, -0.05) is 29.3 Å². The van der Waals surface area contributed by atoms with Gasteiger partial charge in [-0.15, -0.1) is 0 Å². The van der Waals surface area contributed by atoms with Gasteiger partial charge in [-0.25, -0.2) is 4.79 Å². The van der Waals surface area contributed by atoms with Gasteiger partial charge in [0.2, 0.25) is 5.91 Å². The van der Waals surface area contributed by atoms with E-state index in [1.165, 1.54) is 6.08 Å². The summed E-state index contributed by atoms with van der Waals surface area (Å²) in [6, 6.07) is 5.18. The number of hydrogen-bond acceptors (Lipinski definition) is 3. The van der Waals surface area contributed by atoms with Crippen LogP contribution in [0.4, 0.5) is 4.79 Å². The predicted molar refractivity (Wildman–Crippen MR) is 90.7 cm³/mol. The average Bonchev–Trinajstić information content (AvgIpc) is 2.56. The predicted octanol–water partition coefficient (Wildman–Crippen LogP) is 3.31. The number of hydrogen-bond donors (Lipinski definition) is 0. The first kappa shape index (κ1) is 17.6. The van der Waals surface area contributed by atoms with E-state index in [-0.39, 0.29) is 12.0 Å². The van der Waals surface area contributed by atoms with Crippen molar-refractivity contribution in [2.45, 2.75) is 6.92 Å². The van der Waals surface area contributed by atoms with Crippen LogP contribution in [0.1, 0.15) is 12.5 Å². The fourth-order valence-electron chi connectivity index (χ4n) is 2.21. The van der Waals surface area contributed by atoms with E-state index < -0.39 is 0 Å². The smallest absolute Gasteiger partial charge is 0.409 e. The van der Waals surface area contributed by atoms with E-state index in [9.17, 15) is 9.59 Å². The van der Waals surface area contributed by atoms with Gasteiger partial charge in [0.25, 0.3) is 0 Å². The lowest BCUT2D eigenvalue weighted by Crippen LogP contribution is -2.50. The molecule has 1 aliphatic heterocycles. The number of carbonyl (C=O) groups is 2. The third kappa shape index (κ3) is 4.88. The molecule has 0 unspecified atom stereocenters. The molecule has 2 amide bonds. The molecule has 1 aliphatic rings. The minimum atomic E-state index is -0.328. The molecule has 0 N–H and O–H groups in total. The van der Waals surface area contributed by atoms with Gasteiger partial charge in [0.05, 0.1) is 16.7 Å². The molecule has 1 heterocycles. The summed E-state index contributed by atoms with van der Waals surface area (Å²) in [6.45, 7) is 4.05. The molecule has 7 heteroatoms. The molecular formula is C16H18Cl2N2O3. The van der Waals surface area contributed by atoms with Gasteiger partial charge in [-0.05, 0) is 30.7 Å². The second-order valence-corrected chi connectivity index (χ2v) is 5.83. The van der Waals surface area contributed by atoms with Gasteiger partial charge < -0.3 is 14.5 Å². The molecule has 1 aromatic carbocycles. The second kappa shape index (κ2) is 8.22. The Balaban J connectivity index is 1.88. The zero-order chi connectivity index (χ0) is 16.8. The summed E-state index contributed by atoms with van der Waals surface area (Å²) in [5.41, 5.74) is 0.804. The zero-order valence-corrected chi connectivity index (χ0v) is 14.3. The summed E-state index contributed by atoms with van der Waals surface area (Å²) in [4.78, 5) is 27.1. The number of piperazine rings is 1. The van der Waals surface area contributed by atoms with Crippen LogP contribution in [0.25, 0.3) is 6.08 Å². The van der Waals surface area contributed by atoms with Gasteiger partial charge >= 0.3 is 6.09 Å². The highest BCUT2D eigenvalue weighted by molar-refractivity contribution is 6.42. The summed E-state index contributed by atoms with van der Waals surface area (Å²) in [7, 11) is 0. The molecule has 1 aromatic rings. The molecular weight excluding hydrogens is 339 g/mol.